The zero-order valence-corrected chi connectivity index (χ0v) is 8.09. The van der Waals surface area contributed by atoms with Crippen LogP contribution in [0.5, 0.6) is 0 Å². The van der Waals surface area contributed by atoms with Gasteiger partial charge in [-0.2, -0.15) is 0 Å². The molecule has 0 amide bonds. The molecule has 0 aliphatic rings. The van der Waals surface area contributed by atoms with Crippen LogP contribution in [0.2, 0.25) is 0 Å². The Morgan fingerprint density at radius 2 is 1.67 bits per heavy atom. The molecule has 1 rings (SSSR count). The number of benzene rings is 1. The molecule has 0 saturated carbocycles. The summed E-state index contributed by atoms with van der Waals surface area (Å²) in [6.45, 7) is 6.33. The van der Waals surface area contributed by atoms with Crippen molar-refractivity contribution < 1.29 is 0 Å². The van der Waals surface area contributed by atoms with Crippen molar-refractivity contribution in [2.75, 3.05) is 0 Å². The zero-order chi connectivity index (χ0) is 9.14. The fraction of sp³-hybridized carbons (Fsp3) is 0.455. The van der Waals surface area contributed by atoms with Crippen LogP contribution in [0.1, 0.15) is 36.1 Å². The third-order valence-corrected chi connectivity index (χ3v) is 2.11. The topological polar surface area (TPSA) is 26.0 Å². The largest absolute Gasteiger partial charge is 0.324 e. The molecule has 1 heteroatoms. The Morgan fingerprint density at radius 1 is 1.17 bits per heavy atom. The maximum absolute atomic E-state index is 5.93. The minimum absolute atomic E-state index is 0.198. The summed E-state index contributed by atoms with van der Waals surface area (Å²) in [5.74, 6) is 0. The van der Waals surface area contributed by atoms with Crippen LogP contribution in [-0.4, -0.2) is 0 Å². The van der Waals surface area contributed by atoms with Crippen LogP contribution in [0.25, 0.3) is 0 Å². The fourth-order valence-electron chi connectivity index (χ4n) is 1.46. The van der Waals surface area contributed by atoms with Gasteiger partial charge in [-0.25, -0.2) is 0 Å². The summed E-state index contributed by atoms with van der Waals surface area (Å²) < 4.78 is 0. The van der Waals surface area contributed by atoms with Crippen LogP contribution in [-0.2, 0) is 0 Å². The second-order valence-corrected chi connectivity index (χ2v) is 3.44. The van der Waals surface area contributed by atoms with Crippen molar-refractivity contribution >= 4 is 0 Å². The van der Waals surface area contributed by atoms with Crippen LogP contribution in [0.15, 0.2) is 18.2 Å². The van der Waals surface area contributed by atoms with E-state index in [0.29, 0.717) is 0 Å². The van der Waals surface area contributed by atoms with E-state index in [0.717, 1.165) is 6.42 Å². The van der Waals surface area contributed by atoms with Crippen molar-refractivity contribution in [3.63, 3.8) is 0 Å². The highest BCUT2D eigenvalue weighted by atomic mass is 14.6. The Balaban J connectivity index is 3.00. The van der Waals surface area contributed by atoms with Gasteiger partial charge in [-0.15, -0.1) is 0 Å². The van der Waals surface area contributed by atoms with Gasteiger partial charge in [0, 0.05) is 6.04 Å². The molecule has 0 bridgehead atoms. The zero-order valence-electron chi connectivity index (χ0n) is 8.09. The van der Waals surface area contributed by atoms with Gasteiger partial charge in [0.05, 0.1) is 0 Å². The highest BCUT2D eigenvalue weighted by Crippen LogP contribution is 2.16. The SMILES string of the molecule is CC[C@H](N)c1cc(C)cc(C)c1. The highest BCUT2D eigenvalue weighted by molar-refractivity contribution is 5.30. The van der Waals surface area contributed by atoms with Gasteiger partial charge in [-0.3, -0.25) is 0 Å². The molecule has 0 aliphatic heterocycles. The van der Waals surface area contributed by atoms with Gasteiger partial charge in [0.15, 0.2) is 0 Å². The predicted octanol–water partition coefficient (Wildman–Crippen LogP) is 2.71. The summed E-state index contributed by atoms with van der Waals surface area (Å²) >= 11 is 0. The Kier molecular flexibility index (Phi) is 2.88. The summed E-state index contributed by atoms with van der Waals surface area (Å²) in [6, 6.07) is 6.71. The monoisotopic (exact) mass is 163 g/mol. The maximum Gasteiger partial charge on any atom is 0.0292 e. The van der Waals surface area contributed by atoms with Crippen molar-refractivity contribution in [2.24, 2.45) is 5.73 Å². The van der Waals surface area contributed by atoms with Crippen LogP contribution < -0.4 is 5.73 Å². The van der Waals surface area contributed by atoms with Gasteiger partial charge in [0.2, 0.25) is 0 Å². The third kappa shape index (κ3) is 2.08. The maximum atomic E-state index is 5.93. The van der Waals surface area contributed by atoms with Gasteiger partial charge in [0.25, 0.3) is 0 Å². The molecule has 1 aromatic rings. The van der Waals surface area contributed by atoms with E-state index in [1.807, 2.05) is 0 Å². The molecule has 0 aromatic heterocycles. The smallest absolute Gasteiger partial charge is 0.0292 e. The normalized spacial score (nSPS) is 13.0. The van der Waals surface area contributed by atoms with Crippen LogP contribution in [0.4, 0.5) is 0 Å². The van der Waals surface area contributed by atoms with E-state index in [-0.39, 0.29) is 6.04 Å². The first-order valence-corrected chi connectivity index (χ1v) is 4.47. The Morgan fingerprint density at radius 3 is 2.08 bits per heavy atom. The average molecular weight is 163 g/mol. The molecule has 1 atom stereocenters. The molecule has 12 heavy (non-hydrogen) atoms. The Labute approximate surface area is 74.6 Å². The summed E-state index contributed by atoms with van der Waals surface area (Å²) in [6.07, 6.45) is 1.00. The summed E-state index contributed by atoms with van der Waals surface area (Å²) in [4.78, 5) is 0. The lowest BCUT2D eigenvalue weighted by Crippen LogP contribution is -2.08. The number of hydrogen-bond donors (Lipinski definition) is 1. The molecule has 1 aromatic carbocycles. The first kappa shape index (κ1) is 9.27. The molecule has 0 saturated heterocycles. The van der Waals surface area contributed by atoms with Crippen LogP contribution >= 0.6 is 0 Å². The van der Waals surface area contributed by atoms with Crippen LogP contribution in [0, 0.1) is 13.8 Å². The first-order valence-electron chi connectivity index (χ1n) is 4.47. The lowest BCUT2D eigenvalue weighted by Gasteiger charge is -2.10. The average Bonchev–Trinajstić information content (AvgIpc) is 2.01. The van der Waals surface area contributed by atoms with Gasteiger partial charge in [-0.05, 0) is 25.8 Å². The van der Waals surface area contributed by atoms with Crippen molar-refractivity contribution in [1.29, 1.82) is 0 Å². The second-order valence-electron chi connectivity index (χ2n) is 3.44. The van der Waals surface area contributed by atoms with E-state index < -0.39 is 0 Å². The molecule has 0 aliphatic carbocycles. The number of aryl methyl sites for hydroxylation is 2. The second kappa shape index (κ2) is 3.72. The predicted molar refractivity (Wildman–Crippen MR) is 53.1 cm³/mol. The number of nitrogens with two attached hydrogens (primary N) is 1. The first-order chi connectivity index (χ1) is 5.63. The molecule has 0 unspecified atom stereocenters. The molecule has 2 N–H and O–H groups in total. The molecular weight excluding hydrogens is 146 g/mol. The van der Waals surface area contributed by atoms with Crippen molar-refractivity contribution in [3.05, 3.63) is 34.9 Å². The van der Waals surface area contributed by atoms with Gasteiger partial charge in [-0.1, -0.05) is 36.2 Å². The summed E-state index contributed by atoms with van der Waals surface area (Å²) in [7, 11) is 0. The lowest BCUT2D eigenvalue weighted by molar-refractivity contribution is 0.697. The van der Waals surface area contributed by atoms with Gasteiger partial charge in [0.1, 0.15) is 0 Å². The fourth-order valence-corrected chi connectivity index (χ4v) is 1.46. The minimum atomic E-state index is 0.198. The van der Waals surface area contributed by atoms with Crippen molar-refractivity contribution in [2.45, 2.75) is 33.2 Å². The molecule has 0 spiro atoms. The Bertz CT molecular complexity index is 245. The standard InChI is InChI=1S/C11H17N/c1-4-11(12)10-6-8(2)5-9(3)7-10/h5-7,11H,4,12H2,1-3H3/t11-/m0/s1. The molecule has 0 radical (unpaired) electrons. The highest BCUT2D eigenvalue weighted by Gasteiger charge is 2.03. The van der Waals surface area contributed by atoms with E-state index in [2.05, 4.69) is 39.0 Å². The number of rotatable bonds is 2. The van der Waals surface area contributed by atoms with Crippen molar-refractivity contribution in [3.8, 4) is 0 Å². The van der Waals surface area contributed by atoms with Crippen molar-refractivity contribution in [1.82, 2.24) is 0 Å². The van der Waals surface area contributed by atoms with Gasteiger partial charge < -0.3 is 5.73 Å². The van der Waals surface area contributed by atoms with E-state index in [4.69, 9.17) is 5.73 Å². The molecule has 0 fully saturated rings. The van der Waals surface area contributed by atoms with Crippen LogP contribution in [0.3, 0.4) is 0 Å². The van der Waals surface area contributed by atoms with E-state index in [9.17, 15) is 0 Å². The van der Waals surface area contributed by atoms with E-state index in [1.165, 1.54) is 16.7 Å². The minimum Gasteiger partial charge on any atom is -0.324 e. The lowest BCUT2D eigenvalue weighted by atomic mass is 10.0. The van der Waals surface area contributed by atoms with E-state index in [1.54, 1.807) is 0 Å². The molecule has 0 heterocycles. The quantitative estimate of drug-likeness (QED) is 0.712. The van der Waals surface area contributed by atoms with Gasteiger partial charge >= 0.3 is 0 Å². The molecule has 1 nitrogen and oxygen atoms in total. The Hall–Kier alpha value is -0.820. The van der Waals surface area contributed by atoms with E-state index >= 15 is 0 Å². The number of hydrogen-bond acceptors (Lipinski definition) is 1. The molecular formula is C11H17N. The third-order valence-electron chi connectivity index (χ3n) is 2.11. The molecule has 66 valence electrons. The summed E-state index contributed by atoms with van der Waals surface area (Å²) in [5, 5.41) is 0. The summed E-state index contributed by atoms with van der Waals surface area (Å²) in [5.41, 5.74) is 9.79.